The number of carboxylic acid groups (broad SMARTS) is 1. The van der Waals surface area contributed by atoms with Gasteiger partial charge in [-0.05, 0) is 5.41 Å². The van der Waals surface area contributed by atoms with Crippen LogP contribution in [0.15, 0.2) is 6.20 Å². The number of carbonyl (C=O) groups is 1. The van der Waals surface area contributed by atoms with Crippen molar-refractivity contribution in [2.45, 2.75) is 27.3 Å². The fourth-order valence-corrected chi connectivity index (χ4v) is 1.31. The van der Waals surface area contributed by atoms with E-state index in [0.717, 1.165) is 0 Å². The molecule has 0 radical (unpaired) electrons. The van der Waals surface area contributed by atoms with Crippen molar-refractivity contribution in [1.29, 1.82) is 0 Å². The Kier molecular flexibility index (Phi) is 2.85. The van der Waals surface area contributed by atoms with Crippen LogP contribution in [0, 0.1) is 5.41 Å². The summed E-state index contributed by atoms with van der Waals surface area (Å²) >= 11 is 5.85. The molecule has 0 saturated carbocycles. The summed E-state index contributed by atoms with van der Waals surface area (Å²) in [5, 5.41) is 12.9. The molecule has 14 heavy (non-hydrogen) atoms. The molecular formula is C9H13ClN2O2. The Bertz CT molecular complexity index is 352. The van der Waals surface area contributed by atoms with Gasteiger partial charge in [0.15, 0.2) is 0 Å². The van der Waals surface area contributed by atoms with E-state index in [1.165, 1.54) is 10.9 Å². The first kappa shape index (κ1) is 11.0. The Morgan fingerprint density at radius 1 is 1.64 bits per heavy atom. The maximum Gasteiger partial charge on any atom is 0.340 e. The van der Waals surface area contributed by atoms with Gasteiger partial charge in [0.1, 0.15) is 10.7 Å². The van der Waals surface area contributed by atoms with E-state index in [2.05, 4.69) is 5.10 Å². The highest BCUT2D eigenvalue weighted by Crippen LogP contribution is 2.21. The summed E-state index contributed by atoms with van der Waals surface area (Å²) in [6, 6.07) is 0. The van der Waals surface area contributed by atoms with Crippen LogP contribution in [0.3, 0.4) is 0 Å². The van der Waals surface area contributed by atoms with Gasteiger partial charge in [0, 0.05) is 6.54 Å². The average Bonchev–Trinajstić information content (AvgIpc) is 2.29. The second-order valence-corrected chi connectivity index (χ2v) is 4.73. The quantitative estimate of drug-likeness (QED) is 0.825. The zero-order valence-electron chi connectivity index (χ0n) is 8.41. The molecule has 1 rings (SSSR count). The van der Waals surface area contributed by atoms with E-state index in [9.17, 15) is 4.79 Å². The smallest absolute Gasteiger partial charge is 0.340 e. The molecule has 1 heterocycles. The number of aromatic carboxylic acids is 1. The van der Waals surface area contributed by atoms with Crippen LogP contribution >= 0.6 is 11.6 Å². The molecule has 0 aliphatic rings. The van der Waals surface area contributed by atoms with Crippen molar-refractivity contribution in [2.24, 2.45) is 5.41 Å². The molecule has 0 fully saturated rings. The lowest BCUT2D eigenvalue weighted by Gasteiger charge is -2.18. The average molecular weight is 217 g/mol. The lowest BCUT2D eigenvalue weighted by molar-refractivity contribution is 0.0697. The first-order valence-electron chi connectivity index (χ1n) is 4.26. The lowest BCUT2D eigenvalue weighted by Crippen LogP contribution is -2.16. The molecule has 0 saturated heterocycles. The molecule has 0 atom stereocenters. The normalized spacial score (nSPS) is 11.7. The van der Waals surface area contributed by atoms with E-state index >= 15 is 0 Å². The van der Waals surface area contributed by atoms with E-state index < -0.39 is 5.97 Å². The molecule has 0 aromatic carbocycles. The number of rotatable bonds is 2. The van der Waals surface area contributed by atoms with Gasteiger partial charge in [-0.1, -0.05) is 32.4 Å². The second-order valence-electron chi connectivity index (χ2n) is 4.37. The maximum absolute atomic E-state index is 10.7. The number of nitrogens with zero attached hydrogens (tertiary/aromatic N) is 2. The van der Waals surface area contributed by atoms with Gasteiger partial charge in [-0.3, -0.25) is 4.68 Å². The van der Waals surface area contributed by atoms with Gasteiger partial charge < -0.3 is 5.11 Å². The summed E-state index contributed by atoms with van der Waals surface area (Å²) in [7, 11) is 0. The summed E-state index contributed by atoms with van der Waals surface area (Å²) in [4.78, 5) is 10.7. The van der Waals surface area contributed by atoms with Crippen LogP contribution in [0.25, 0.3) is 0 Å². The molecule has 0 amide bonds. The summed E-state index contributed by atoms with van der Waals surface area (Å²) in [5.74, 6) is -1.05. The van der Waals surface area contributed by atoms with Crippen molar-refractivity contribution >= 4 is 17.6 Å². The minimum atomic E-state index is -1.05. The fraction of sp³-hybridized carbons (Fsp3) is 0.556. The minimum absolute atomic E-state index is 0.0193. The van der Waals surface area contributed by atoms with Crippen molar-refractivity contribution in [3.8, 4) is 0 Å². The summed E-state index contributed by atoms with van der Waals surface area (Å²) in [5.41, 5.74) is 0.0711. The van der Waals surface area contributed by atoms with Gasteiger partial charge in [-0.2, -0.15) is 5.10 Å². The predicted molar refractivity (Wildman–Crippen MR) is 53.7 cm³/mol. The molecular weight excluding hydrogens is 204 g/mol. The molecule has 1 aromatic rings. The number of hydrogen-bond donors (Lipinski definition) is 1. The molecule has 1 N–H and O–H groups in total. The van der Waals surface area contributed by atoms with E-state index in [-0.39, 0.29) is 16.1 Å². The fourth-order valence-electron chi connectivity index (χ4n) is 1.07. The summed E-state index contributed by atoms with van der Waals surface area (Å²) in [6.07, 6.45) is 1.27. The van der Waals surface area contributed by atoms with Crippen LogP contribution in [0.4, 0.5) is 0 Å². The second kappa shape index (κ2) is 3.61. The zero-order chi connectivity index (χ0) is 10.9. The Hall–Kier alpha value is -1.03. The van der Waals surface area contributed by atoms with Crippen LogP contribution in [-0.4, -0.2) is 20.9 Å². The van der Waals surface area contributed by atoms with Crippen molar-refractivity contribution in [1.82, 2.24) is 9.78 Å². The number of hydrogen-bond acceptors (Lipinski definition) is 2. The molecule has 0 spiro atoms. The van der Waals surface area contributed by atoms with Gasteiger partial charge >= 0.3 is 5.97 Å². The van der Waals surface area contributed by atoms with E-state index in [4.69, 9.17) is 16.7 Å². The molecule has 4 nitrogen and oxygen atoms in total. The highest BCUT2D eigenvalue weighted by molar-refractivity contribution is 6.32. The van der Waals surface area contributed by atoms with Crippen LogP contribution in [0.5, 0.6) is 0 Å². The molecule has 5 heteroatoms. The van der Waals surface area contributed by atoms with Crippen molar-refractivity contribution in [2.75, 3.05) is 0 Å². The Labute approximate surface area is 87.5 Å². The van der Waals surface area contributed by atoms with E-state index in [0.29, 0.717) is 6.54 Å². The van der Waals surface area contributed by atoms with Crippen molar-refractivity contribution in [3.63, 3.8) is 0 Å². The predicted octanol–water partition coefficient (Wildman–Crippen LogP) is 2.28. The third-order valence-electron chi connectivity index (χ3n) is 1.63. The third-order valence-corrected chi connectivity index (χ3v) is 2.03. The van der Waals surface area contributed by atoms with Gasteiger partial charge in [0.25, 0.3) is 0 Å². The Morgan fingerprint density at radius 3 is 2.57 bits per heavy atom. The van der Waals surface area contributed by atoms with Gasteiger partial charge in [0.2, 0.25) is 0 Å². The lowest BCUT2D eigenvalue weighted by atomic mass is 9.97. The molecule has 0 unspecified atom stereocenters. The van der Waals surface area contributed by atoms with Gasteiger partial charge in [-0.25, -0.2) is 4.79 Å². The molecule has 1 aromatic heterocycles. The maximum atomic E-state index is 10.7. The largest absolute Gasteiger partial charge is 0.478 e. The first-order chi connectivity index (χ1) is 6.31. The van der Waals surface area contributed by atoms with Gasteiger partial charge in [0.05, 0.1) is 6.20 Å². The highest BCUT2D eigenvalue weighted by atomic mass is 35.5. The van der Waals surface area contributed by atoms with Crippen molar-refractivity contribution < 1.29 is 9.90 Å². The molecule has 0 aliphatic heterocycles. The number of carboxylic acids is 1. The number of aromatic nitrogens is 2. The minimum Gasteiger partial charge on any atom is -0.478 e. The highest BCUT2D eigenvalue weighted by Gasteiger charge is 2.18. The number of halogens is 1. The SMILES string of the molecule is CC(C)(C)Cn1ncc(C(=O)O)c1Cl. The van der Waals surface area contributed by atoms with E-state index in [1.807, 2.05) is 20.8 Å². The van der Waals surface area contributed by atoms with Crippen LogP contribution in [0.1, 0.15) is 31.1 Å². The standard InChI is InChI=1S/C9H13ClN2O2/c1-9(2,3)5-12-7(10)6(4-11-12)8(13)14/h4H,5H2,1-3H3,(H,13,14). The van der Waals surface area contributed by atoms with Crippen molar-refractivity contribution in [3.05, 3.63) is 16.9 Å². The third kappa shape index (κ3) is 2.48. The topological polar surface area (TPSA) is 55.1 Å². The summed E-state index contributed by atoms with van der Waals surface area (Å²) in [6.45, 7) is 6.70. The van der Waals surface area contributed by atoms with Gasteiger partial charge in [-0.15, -0.1) is 0 Å². The Balaban J connectivity index is 2.96. The Morgan fingerprint density at radius 2 is 2.21 bits per heavy atom. The molecule has 0 aliphatic carbocycles. The molecule has 78 valence electrons. The first-order valence-corrected chi connectivity index (χ1v) is 4.63. The monoisotopic (exact) mass is 216 g/mol. The van der Waals surface area contributed by atoms with Crippen LogP contribution in [-0.2, 0) is 6.54 Å². The zero-order valence-corrected chi connectivity index (χ0v) is 9.17. The summed E-state index contributed by atoms with van der Waals surface area (Å²) < 4.78 is 1.50. The van der Waals surface area contributed by atoms with Crippen LogP contribution < -0.4 is 0 Å². The van der Waals surface area contributed by atoms with E-state index in [1.54, 1.807) is 0 Å². The molecule has 0 bridgehead atoms. The van der Waals surface area contributed by atoms with Crippen LogP contribution in [0.2, 0.25) is 5.15 Å².